The van der Waals surface area contributed by atoms with E-state index in [-0.39, 0.29) is 35.4 Å². The summed E-state index contributed by atoms with van der Waals surface area (Å²) in [6.45, 7) is 0. The summed E-state index contributed by atoms with van der Waals surface area (Å²) in [5.74, 6) is -0.201. The molecule has 0 amide bonds. The number of benzene rings is 2. The van der Waals surface area contributed by atoms with Gasteiger partial charge in [0.1, 0.15) is 0 Å². The molecule has 3 aromatic rings. The number of fused-ring (bicyclic) bond motifs is 1. The molecule has 1 aromatic heterocycles. The SMILES string of the molecule is O=S(=O)(O)C1(c2nccnn2)Nc2cccc(-c3ccccc3)c2N1.[NaH]. The van der Waals surface area contributed by atoms with E-state index in [2.05, 4.69) is 25.8 Å². The van der Waals surface area contributed by atoms with Gasteiger partial charge in [0.2, 0.25) is 5.82 Å². The first-order valence-electron chi connectivity index (χ1n) is 7.37. The molecule has 0 fully saturated rings. The van der Waals surface area contributed by atoms with Crippen molar-refractivity contribution in [3.8, 4) is 11.1 Å². The molecule has 1 unspecified atom stereocenters. The van der Waals surface area contributed by atoms with E-state index in [1.165, 1.54) is 12.4 Å². The molecule has 0 radical (unpaired) electrons. The Kier molecular flexibility index (Phi) is 5.00. The van der Waals surface area contributed by atoms with Crippen LogP contribution in [0.2, 0.25) is 0 Å². The number of anilines is 2. The third-order valence-corrected chi connectivity index (χ3v) is 5.11. The molecule has 0 saturated heterocycles. The zero-order valence-electron chi connectivity index (χ0n) is 12.8. The summed E-state index contributed by atoms with van der Waals surface area (Å²) in [5, 5.41) is 13.1. The summed E-state index contributed by atoms with van der Waals surface area (Å²) in [4.78, 5) is 1.84. The predicted molar refractivity (Wildman–Crippen MR) is 99.3 cm³/mol. The molecule has 3 N–H and O–H groups in total. The second-order valence-electron chi connectivity index (χ2n) is 5.47. The molecule has 1 aliphatic heterocycles. The third kappa shape index (κ3) is 2.97. The van der Waals surface area contributed by atoms with Crippen LogP contribution >= 0.6 is 0 Å². The van der Waals surface area contributed by atoms with Gasteiger partial charge in [-0.2, -0.15) is 13.5 Å². The fraction of sp³-hybridized carbons (Fsp3) is 0.0625. The van der Waals surface area contributed by atoms with E-state index < -0.39 is 15.1 Å². The van der Waals surface area contributed by atoms with Crippen molar-refractivity contribution in [1.82, 2.24) is 15.2 Å². The third-order valence-electron chi connectivity index (χ3n) is 3.95. The van der Waals surface area contributed by atoms with Crippen LogP contribution < -0.4 is 10.6 Å². The van der Waals surface area contributed by atoms with E-state index in [0.717, 1.165) is 11.1 Å². The minimum absolute atomic E-state index is 0. The van der Waals surface area contributed by atoms with E-state index >= 15 is 0 Å². The van der Waals surface area contributed by atoms with Crippen LogP contribution in [0.1, 0.15) is 5.82 Å². The molecule has 1 aliphatic rings. The number of rotatable bonds is 3. The van der Waals surface area contributed by atoms with Crippen LogP contribution in [0.25, 0.3) is 11.1 Å². The molecule has 8 nitrogen and oxygen atoms in total. The first-order valence-corrected chi connectivity index (χ1v) is 8.81. The molecular formula is C16H14N5NaO3S. The molecular weight excluding hydrogens is 365 g/mol. The average molecular weight is 379 g/mol. The molecule has 0 aliphatic carbocycles. The molecule has 0 saturated carbocycles. The van der Waals surface area contributed by atoms with E-state index in [1.54, 1.807) is 12.1 Å². The van der Waals surface area contributed by atoms with Gasteiger partial charge in [0, 0.05) is 11.8 Å². The predicted octanol–water partition coefficient (Wildman–Crippen LogP) is 1.43. The second kappa shape index (κ2) is 6.93. The molecule has 128 valence electrons. The van der Waals surface area contributed by atoms with Crippen LogP contribution in [0.4, 0.5) is 11.4 Å². The van der Waals surface area contributed by atoms with Gasteiger partial charge >= 0.3 is 44.7 Å². The Morgan fingerprint density at radius 2 is 1.73 bits per heavy atom. The van der Waals surface area contributed by atoms with E-state index in [4.69, 9.17) is 0 Å². The van der Waals surface area contributed by atoms with Crippen molar-refractivity contribution in [3.63, 3.8) is 0 Å². The van der Waals surface area contributed by atoms with Crippen LogP contribution in [-0.2, 0) is 15.1 Å². The van der Waals surface area contributed by atoms with Gasteiger partial charge in [0.05, 0.1) is 17.6 Å². The van der Waals surface area contributed by atoms with Crippen molar-refractivity contribution in [2.45, 2.75) is 4.99 Å². The molecule has 2 aromatic carbocycles. The van der Waals surface area contributed by atoms with Gasteiger partial charge in [-0.1, -0.05) is 42.5 Å². The normalized spacial score (nSPS) is 18.2. The molecule has 10 heteroatoms. The van der Waals surface area contributed by atoms with Crippen molar-refractivity contribution in [2.24, 2.45) is 0 Å². The van der Waals surface area contributed by atoms with Crippen LogP contribution in [-0.4, -0.2) is 57.7 Å². The second-order valence-corrected chi connectivity index (χ2v) is 7.03. The number of hydrogen-bond donors (Lipinski definition) is 3. The van der Waals surface area contributed by atoms with E-state index in [9.17, 15) is 13.0 Å². The zero-order valence-corrected chi connectivity index (χ0v) is 13.6. The van der Waals surface area contributed by atoms with Crippen LogP contribution in [0.3, 0.4) is 0 Å². The van der Waals surface area contributed by atoms with Crippen molar-refractivity contribution < 1.29 is 13.0 Å². The maximum atomic E-state index is 12.2. The first kappa shape index (κ1) is 18.7. The number of hydrogen-bond acceptors (Lipinski definition) is 7. The van der Waals surface area contributed by atoms with Gasteiger partial charge in [0.15, 0.2) is 0 Å². The van der Waals surface area contributed by atoms with Crippen molar-refractivity contribution in [3.05, 3.63) is 66.7 Å². The zero-order chi connectivity index (χ0) is 17.5. The Bertz CT molecular complexity index is 1030. The average Bonchev–Trinajstić information content (AvgIpc) is 3.04. The van der Waals surface area contributed by atoms with E-state index in [1.807, 2.05) is 36.4 Å². The monoisotopic (exact) mass is 379 g/mol. The van der Waals surface area contributed by atoms with E-state index in [0.29, 0.717) is 11.4 Å². The van der Waals surface area contributed by atoms with Crippen molar-refractivity contribution >= 4 is 51.1 Å². The molecule has 1 atom stereocenters. The summed E-state index contributed by atoms with van der Waals surface area (Å²) in [5.41, 5.74) is 2.71. The van der Waals surface area contributed by atoms with Gasteiger partial charge in [-0.05, 0) is 11.6 Å². The number of aromatic nitrogens is 3. The molecule has 0 bridgehead atoms. The summed E-state index contributed by atoms with van der Waals surface area (Å²) in [6.07, 6.45) is 2.62. The number of nitrogens with one attached hydrogen (secondary N) is 2. The Hall–Kier alpha value is -2.04. The van der Waals surface area contributed by atoms with Gasteiger partial charge in [-0.25, -0.2) is 4.98 Å². The Balaban J connectivity index is 0.00000196. The van der Waals surface area contributed by atoms with Gasteiger partial charge < -0.3 is 10.6 Å². The maximum absolute atomic E-state index is 12.2. The fourth-order valence-corrected chi connectivity index (χ4v) is 3.61. The number of para-hydroxylation sites is 1. The standard InChI is InChI=1S/C16H13N5O3S.Na.H/c22-25(23,24)16(15-17-9-10-18-21-15)19-13-8-4-7-12(14(13)20-16)11-5-2-1-3-6-11;;/h1-10,19-20H,(H,22,23,24);;. The first-order chi connectivity index (χ1) is 12.0. The minimum atomic E-state index is -4.67. The summed E-state index contributed by atoms with van der Waals surface area (Å²) in [7, 11) is -4.67. The summed E-state index contributed by atoms with van der Waals surface area (Å²) < 4.78 is 34.3. The topological polar surface area (TPSA) is 117 Å². The Labute approximate surface area is 172 Å². The molecule has 4 rings (SSSR count). The Morgan fingerprint density at radius 3 is 2.38 bits per heavy atom. The number of nitrogens with zero attached hydrogens (tertiary/aromatic N) is 3. The van der Waals surface area contributed by atoms with Gasteiger partial charge in [0.25, 0.3) is 0 Å². The van der Waals surface area contributed by atoms with Crippen molar-refractivity contribution in [1.29, 1.82) is 0 Å². The van der Waals surface area contributed by atoms with Gasteiger partial charge in [-0.3, -0.25) is 4.55 Å². The van der Waals surface area contributed by atoms with Crippen LogP contribution in [0.15, 0.2) is 60.9 Å². The molecule has 26 heavy (non-hydrogen) atoms. The Morgan fingerprint density at radius 1 is 0.962 bits per heavy atom. The molecule has 2 heterocycles. The van der Waals surface area contributed by atoms with Crippen LogP contribution in [0.5, 0.6) is 0 Å². The van der Waals surface area contributed by atoms with Gasteiger partial charge in [-0.15, -0.1) is 5.10 Å². The van der Waals surface area contributed by atoms with Crippen molar-refractivity contribution in [2.75, 3.05) is 10.6 Å². The summed E-state index contributed by atoms with van der Waals surface area (Å²) in [6, 6.07) is 14.8. The quantitative estimate of drug-likeness (QED) is 0.462. The molecule has 0 spiro atoms. The fourth-order valence-electron chi connectivity index (χ4n) is 2.81. The van der Waals surface area contributed by atoms with Crippen LogP contribution in [0, 0.1) is 0 Å². The summed E-state index contributed by atoms with van der Waals surface area (Å²) >= 11 is 0.